The van der Waals surface area contributed by atoms with Crippen LogP contribution in [-0.2, 0) is 37.0 Å². The summed E-state index contributed by atoms with van der Waals surface area (Å²) in [7, 11) is 0. The lowest BCUT2D eigenvalue weighted by Gasteiger charge is -2.36. The van der Waals surface area contributed by atoms with E-state index in [0.717, 1.165) is 39.1 Å². The number of esters is 1. The fourth-order valence-corrected chi connectivity index (χ4v) is 6.45. The third-order valence-electron chi connectivity index (χ3n) is 8.17. The van der Waals surface area contributed by atoms with E-state index in [1.807, 2.05) is 72.8 Å². The van der Waals surface area contributed by atoms with Crippen LogP contribution in [0.5, 0.6) is 5.75 Å². The minimum absolute atomic E-state index is 0.0360. The van der Waals surface area contributed by atoms with Gasteiger partial charge < -0.3 is 29.7 Å². The lowest BCUT2D eigenvalue weighted by Crippen LogP contribution is -2.35. The van der Waals surface area contributed by atoms with Gasteiger partial charge in [-0.1, -0.05) is 78.5 Å². The predicted octanol–water partition coefficient (Wildman–Crippen LogP) is 5.43. The lowest BCUT2D eigenvalue weighted by atomic mass is 9.99. The molecule has 1 amide bonds. The summed E-state index contributed by atoms with van der Waals surface area (Å²) in [6.45, 7) is 3.06. The molecule has 0 aliphatic carbocycles. The fourth-order valence-electron chi connectivity index (χ4n) is 5.54. The molecule has 1 aliphatic heterocycles. The predicted molar refractivity (Wildman–Crippen MR) is 185 cm³/mol. The number of thioether (sulfide) groups is 1. The number of aliphatic hydroxyl groups excluding tert-OH is 1. The first-order valence-electron chi connectivity index (χ1n) is 16.1. The first kappa shape index (κ1) is 34.8. The maximum Gasteiger partial charge on any atom is 0.303 e. The van der Waals surface area contributed by atoms with E-state index in [1.54, 1.807) is 28.9 Å². The number of hydrogen-bond acceptors (Lipinski definition) is 11. The SMILES string of the molecule is CC(=O)O[C@@H](C)C(=O)NCc1cccc(-c2ccc([C@H]3O[C@@H](CSc4nnnn4-c4ccc(O)cc4)C[C@@H](c4ccc(CO)cc4)O3)cc2)c1. The van der Waals surface area contributed by atoms with Crippen molar-refractivity contribution in [1.82, 2.24) is 25.5 Å². The molecule has 4 aromatic carbocycles. The van der Waals surface area contributed by atoms with Crippen LogP contribution in [0.2, 0.25) is 0 Å². The highest BCUT2D eigenvalue weighted by Gasteiger charge is 2.33. The lowest BCUT2D eigenvalue weighted by molar-refractivity contribution is -0.245. The van der Waals surface area contributed by atoms with E-state index < -0.39 is 18.4 Å². The third kappa shape index (κ3) is 8.74. The van der Waals surface area contributed by atoms with Crippen molar-refractivity contribution >= 4 is 23.6 Å². The van der Waals surface area contributed by atoms with E-state index >= 15 is 0 Å². The molecule has 4 atom stereocenters. The maximum atomic E-state index is 12.3. The summed E-state index contributed by atoms with van der Waals surface area (Å²) in [4.78, 5) is 23.5. The van der Waals surface area contributed by atoms with Gasteiger partial charge in [0.1, 0.15) is 5.75 Å². The van der Waals surface area contributed by atoms with Crippen molar-refractivity contribution in [1.29, 1.82) is 0 Å². The topological polar surface area (TPSA) is 158 Å². The molecule has 2 heterocycles. The summed E-state index contributed by atoms with van der Waals surface area (Å²) in [5.74, 6) is -0.150. The van der Waals surface area contributed by atoms with E-state index in [4.69, 9.17) is 14.2 Å². The average molecular weight is 696 g/mol. The second-order valence-corrected chi connectivity index (χ2v) is 12.8. The highest BCUT2D eigenvalue weighted by molar-refractivity contribution is 7.99. The van der Waals surface area contributed by atoms with Crippen LogP contribution < -0.4 is 5.32 Å². The molecule has 1 fully saturated rings. The zero-order chi connectivity index (χ0) is 35.0. The Hall–Kier alpha value is -5.08. The van der Waals surface area contributed by atoms with Gasteiger partial charge in [0.25, 0.3) is 5.91 Å². The molecular weight excluding hydrogens is 659 g/mol. The molecule has 3 N–H and O–H groups in total. The molecule has 0 saturated carbocycles. The van der Waals surface area contributed by atoms with E-state index in [2.05, 4.69) is 20.8 Å². The number of aliphatic hydroxyl groups is 1. The van der Waals surface area contributed by atoms with E-state index in [0.29, 0.717) is 23.9 Å². The molecule has 6 rings (SSSR count). The van der Waals surface area contributed by atoms with Crippen LogP contribution in [-0.4, -0.2) is 60.3 Å². The summed E-state index contributed by atoms with van der Waals surface area (Å²) in [5.41, 5.74) is 6.26. The molecule has 12 nitrogen and oxygen atoms in total. The van der Waals surface area contributed by atoms with Crippen molar-refractivity contribution in [2.75, 3.05) is 5.75 Å². The van der Waals surface area contributed by atoms with Crippen molar-refractivity contribution in [2.24, 2.45) is 0 Å². The number of ether oxygens (including phenoxy) is 3. The summed E-state index contributed by atoms with van der Waals surface area (Å²) >= 11 is 1.47. The molecule has 0 spiro atoms. The molecule has 0 bridgehead atoms. The number of benzene rings is 4. The van der Waals surface area contributed by atoms with Crippen LogP contribution >= 0.6 is 11.8 Å². The number of nitrogens with one attached hydrogen (secondary N) is 1. The van der Waals surface area contributed by atoms with Gasteiger partial charge in [-0.15, -0.1) is 5.10 Å². The van der Waals surface area contributed by atoms with Crippen molar-refractivity contribution in [3.8, 4) is 22.6 Å². The van der Waals surface area contributed by atoms with Gasteiger partial charge in [-0.3, -0.25) is 9.59 Å². The number of aromatic hydroxyl groups is 1. The third-order valence-corrected chi connectivity index (χ3v) is 9.22. The number of carbonyl (C=O) groups excluding carboxylic acids is 2. The summed E-state index contributed by atoms with van der Waals surface area (Å²) in [6, 6.07) is 30.3. The first-order valence-corrected chi connectivity index (χ1v) is 17.1. The Morgan fingerprint density at radius 2 is 1.70 bits per heavy atom. The molecule has 0 radical (unpaired) electrons. The van der Waals surface area contributed by atoms with Crippen molar-refractivity contribution in [3.05, 3.63) is 119 Å². The van der Waals surface area contributed by atoms with Gasteiger partial charge in [-0.2, -0.15) is 4.68 Å². The number of rotatable bonds is 12. The van der Waals surface area contributed by atoms with Crippen molar-refractivity contribution in [2.45, 2.75) is 63.2 Å². The van der Waals surface area contributed by atoms with Gasteiger partial charge in [-0.25, -0.2) is 0 Å². The van der Waals surface area contributed by atoms with Crippen LogP contribution in [0, 0.1) is 0 Å². The normalized spacial score (nSPS) is 17.9. The first-order chi connectivity index (χ1) is 24.2. The summed E-state index contributed by atoms with van der Waals surface area (Å²) in [6.07, 6.45) is -1.37. The maximum absolute atomic E-state index is 12.3. The van der Waals surface area contributed by atoms with Gasteiger partial charge in [0, 0.05) is 31.2 Å². The minimum Gasteiger partial charge on any atom is -0.508 e. The highest BCUT2D eigenvalue weighted by atomic mass is 32.2. The second-order valence-electron chi connectivity index (χ2n) is 11.8. The number of hydrogen-bond donors (Lipinski definition) is 3. The number of phenols is 1. The molecule has 258 valence electrons. The number of phenolic OH excluding ortho intramolecular Hbond substituents is 1. The van der Waals surface area contributed by atoms with Gasteiger partial charge in [0.2, 0.25) is 5.16 Å². The molecule has 1 aliphatic rings. The van der Waals surface area contributed by atoms with Crippen LogP contribution in [0.4, 0.5) is 0 Å². The quantitative estimate of drug-likeness (QED) is 0.113. The van der Waals surface area contributed by atoms with Gasteiger partial charge in [0.15, 0.2) is 12.4 Å². The van der Waals surface area contributed by atoms with Crippen LogP contribution in [0.15, 0.2) is 102 Å². The second kappa shape index (κ2) is 16.1. The largest absolute Gasteiger partial charge is 0.508 e. The Kier molecular flexibility index (Phi) is 11.2. The Labute approximate surface area is 293 Å². The number of amides is 1. The van der Waals surface area contributed by atoms with Gasteiger partial charge >= 0.3 is 5.97 Å². The standard InChI is InChI=1S/C37H37N5O7S/c1-23(47-24(2)44)35(46)38-20-26-4-3-5-30(18-26)27-10-12-29(13-11-27)36-48-33(19-34(49-36)28-8-6-25(21-43)7-9-28)22-50-37-39-40-41-42(37)31-14-16-32(45)17-15-31/h3-18,23,33-34,36,43,45H,19-22H2,1-2H3,(H,38,46)/t23-,33+,34-,36-/m0/s1. The summed E-state index contributed by atoms with van der Waals surface area (Å²) < 4.78 is 19.6. The molecule has 0 unspecified atom stereocenters. The Morgan fingerprint density at radius 3 is 2.42 bits per heavy atom. The molecular formula is C37H37N5O7S. The molecule has 50 heavy (non-hydrogen) atoms. The van der Waals surface area contributed by atoms with Crippen LogP contribution in [0.25, 0.3) is 16.8 Å². The van der Waals surface area contributed by atoms with E-state index in [-0.39, 0.29) is 30.5 Å². The minimum atomic E-state index is -0.868. The molecule has 13 heteroatoms. The molecule has 1 aromatic heterocycles. The molecule has 1 saturated heterocycles. The fraction of sp³-hybridized carbons (Fsp3) is 0.270. The van der Waals surface area contributed by atoms with Gasteiger partial charge in [0.05, 0.1) is 24.5 Å². The Bertz CT molecular complexity index is 1900. The van der Waals surface area contributed by atoms with Crippen LogP contribution in [0.1, 0.15) is 54.9 Å². The number of nitrogens with zero attached hydrogens (tertiary/aromatic N) is 4. The Morgan fingerprint density at radius 1 is 0.960 bits per heavy atom. The zero-order valence-electron chi connectivity index (χ0n) is 27.5. The smallest absolute Gasteiger partial charge is 0.303 e. The monoisotopic (exact) mass is 695 g/mol. The van der Waals surface area contributed by atoms with Crippen molar-refractivity contribution < 1.29 is 34.0 Å². The number of aromatic nitrogens is 4. The van der Waals surface area contributed by atoms with E-state index in [9.17, 15) is 19.8 Å². The zero-order valence-corrected chi connectivity index (χ0v) is 28.3. The Balaban J connectivity index is 1.16. The molecule has 5 aromatic rings. The van der Waals surface area contributed by atoms with Gasteiger partial charge in [-0.05, 0) is 75.5 Å². The van der Waals surface area contributed by atoms with Crippen LogP contribution in [0.3, 0.4) is 0 Å². The van der Waals surface area contributed by atoms with Crippen molar-refractivity contribution in [3.63, 3.8) is 0 Å². The number of carbonyl (C=O) groups is 2. The average Bonchev–Trinajstić information content (AvgIpc) is 3.62. The number of tetrazole rings is 1. The van der Waals surface area contributed by atoms with E-state index in [1.165, 1.54) is 25.6 Å². The highest BCUT2D eigenvalue weighted by Crippen LogP contribution is 2.40. The summed E-state index contributed by atoms with van der Waals surface area (Å²) in [5, 5.41) is 34.8.